The molecular weight excluding hydrogens is 270 g/mol. The molecular formula is C15H23N3O3. The molecule has 6 heteroatoms. The monoisotopic (exact) mass is 293 g/mol. The van der Waals surface area contributed by atoms with E-state index in [0.717, 1.165) is 11.4 Å². The van der Waals surface area contributed by atoms with E-state index in [1.807, 2.05) is 39.8 Å². The number of hydrogen-bond donors (Lipinski definition) is 2. The highest BCUT2D eigenvalue weighted by atomic mass is 16.4. The number of anilines is 1. The Kier molecular flexibility index (Phi) is 6.14. The normalized spacial score (nSPS) is 10.5. The third kappa shape index (κ3) is 5.41. The van der Waals surface area contributed by atoms with Gasteiger partial charge in [0.2, 0.25) is 0 Å². The molecule has 1 aromatic rings. The van der Waals surface area contributed by atoms with Gasteiger partial charge in [0, 0.05) is 24.7 Å². The lowest BCUT2D eigenvalue weighted by Gasteiger charge is -2.27. The number of carboxylic acids is 1. The van der Waals surface area contributed by atoms with Crippen molar-refractivity contribution in [3.63, 3.8) is 0 Å². The Hall–Kier alpha value is -2.11. The van der Waals surface area contributed by atoms with Crippen molar-refractivity contribution in [2.45, 2.75) is 46.6 Å². The average Bonchev–Trinajstić information content (AvgIpc) is 2.37. The molecule has 6 nitrogen and oxygen atoms in total. The second kappa shape index (κ2) is 7.61. The number of carbonyl (C=O) groups is 2. The Bertz CT molecular complexity index is 515. The fraction of sp³-hybridized carbons (Fsp3) is 0.533. The first kappa shape index (κ1) is 16.9. The van der Waals surface area contributed by atoms with E-state index in [-0.39, 0.29) is 18.5 Å². The van der Waals surface area contributed by atoms with Crippen molar-refractivity contribution in [3.05, 3.63) is 23.5 Å². The number of nitrogens with one attached hydrogen (secondary N) is 1. The van der Waals surface area contributed by atoms with Crippen LogP contribution in [0.2, 0.25) is 0 Å². The van der Waals surface area contributed by atoms with E-state index < -0.39 is 5.97 Å². The maximum absolute atomic E-state index is 12.3. The van der Waals surface area contributed by atoms with Gasteiger partial charge in [-0.15, -0.1) is 0 Å². The number of urea groups is 1. The van der Waals surface area contributed by atoms with Gasteiger partial charge in [-0.25, -0.2) is 4.79 Å². The van der Waals surface area contributed by atoms with Crippen LogP contribution in [-0.2, 0) is 4.79 Å². The van der Waals surface area contributed by atoms with Crippen LogP contribution in [0.15, 0.2) is 12.1 Å². The highest BCUT2D eigenvalue weighted by molar-refractivity contribution is 5.90. The Morgan fingerprint density at radius 2 is 2.00 bits per heavy atom. The number of rotatable bonds is 6. The minimum Gasteiger partial charge on any atom is -0.481 e. The molecule has 0 fully saturated rings. The molecule has 2 amide bonds. The molecule has 21 heavy (non-hydrogen) atoms. The van der Waals surface area contributed by atoms with Crippen molar-refractivity contribution in [2.24, 2.45) is 0 Å². The maximum Gasteiger partial charge on any atom is 0.322 e. The number of hydrogen-bond acceptors (Lipinski definition) is 3. The Balaban J connectivity index is 2.70. The number of amides is 2. The van der Waals surface area contributed by atoms with Gasteiger partial charge in [0.05, 0.1) is 11.4 Å². The van der Waals surface area contributed by atoms with E-state index in [2.05, 4.69) is 10.3 Å². The molecule has 0 aliphatic rings. The van der Waals surface area contributed by atoms with E-state index in [1.54, 1.807) is 4.90 Å². The molecule has 0 saturated carbocycles. The SMILES string of the molecule is Cc1ccc(NC(=O)N(CCCC(=O)O)C(C)C)c(C)n1. The first-order chi connectivity index (χ1) is 9.81. The van der Waals surface area contributed by atoms with Gasteiger partial charge in [0.25, 0.3) is 0 Å². The summed E-state index contributed by atoms with van der Waals surface area (Å²) < 4.78 is 0. The van der Waals surface area contributed by atoms with E-state index in [9.17, 15) is 9.59 Å². The Morgan fingerprint density at radius 3 is 2.52 bits per heavy atom. The van der Waals surface area contributed by atoms with Crippen molar-refractivity contribution in [2.75, 3.05) is 11.9 Å². The summed E-state index contributed by atoms with van der Waals surface area (Å²) in [6, 6.07) is 3.43. The van der Waals surface area contributed by atoms with Gasteiger partial charge in [0.15, 0.2) is 0 Å². The molecule has 0 saturated heterocycles. The summed E-state index contributed by atoms with van der Waals surface area (Å²) in [6.45, 7) is 7.95. The number of nitrogens with zero attached hydrogens (tertiary/aromatic N) is 2. The number of carbonyl (C=O) groups excluding carboxylic acids is 1. The maximum atomic E-state index is 12.3. The minimum absolute atomic E-state index is 0.00231. The van der Waals surface area contributed by atoms with Crippen molar-refractivity contribution >= 4 is 17.7 Å². The molecule has 0 aliphatic heterocycles. The lowest BCUT2D eigenvalue weighted by atomic mass is 10.2. The number of aliphatic carboxylic acids is 1. The van der Waals surface area contributed by atoms with Gasteiger partial charge in [0.1, 0.15) is 0 Å². The summed E-state index contributed by atoms with van der Waals surface area (Å²) in [4.78, 5) is 28.8. The number of carboxylic acid groups (broad SMARTS) is 1. The summed E-state index contributed by atoms with van der Waals surface area (Å²) in [7, 11) is 0. The highest BCUT2D eigenvalue weighted by Gasteiger charge is 2.18. The van der Waals surface area contributed by atoms with Crippen LogP contribution in [-0.4, -0.2) is 39.6 Å². The predicted octanol–water partition coefficient (Wildman–Crippen LogP) is 2.81. The molecule has 2 N–H and O–H groups in total. The van der Waals surface area contributed by atoms with Crippen molar-refractivity contribution < 1.29 is 14.7 Å². The van der Waals surface area contributed by atoms with Crippen LogP contribution in [0.5, 0.6) is 0 Å². The van der Waals surface area contributed by atoms with Crippen LogP contribution < -0.4 is 5.32 Å². The van der Waals surface area contributed by atoms with Gasteiger partial charge in [-0.3, -0.25) is 9.78 Å². The molecule has 0 atom stereocenters. The van der Waals surface area contributed by atoms with E-state index >= 15 is 0 Å². The summed E-state index contributed by atoms with van der Waals surface area (Å²) in [5.74, 6) is -0.849. The third-order valence-electron chi connectivity index (χ3n) is 3.14. The second-order valence-corrected chi connectivity index (χ2v) is 5.30. The first-order valence-electron chi connectivity index (χ1n) is 7.05. The zero-order valence-electron chi connectivity index (χ0n) is 13.0. The van der Waals surface area contributed by atoms with Crippen LogP contribution in [0, 0.1) is 13.8 Å². The van der Waals surface area contributed by atoms with E-state index in [0.29, 0.717) is 18.7 Å². The summed E-state index contributed by atoms with van der Waals surface area (Å²) >= 11 is 0. The zero-order chi connectivity index (χ0) is 16.0. The lowest BCUT2D eigenvalue weighted by Crippen LogP contribution is -2.41. The largest absolute Gasteiger partial charge is 0.481 e. The summed E-state index contributed by atoms with van der Waals surface area (Å²) in [5, 5.41) is 11.5. The standard InChI is InChI=1S/C15H23N3O3/c1-10(2)18(9-5-6-14(19)20)15(21)17-13-8-7-11(3)16-12(13)4/h7-8,10H,5-6,9H2,1-4H3,(H,17,21)(H,19,20). The number of pyridine rings is 1. The highest BCUT2D eigenvalue weighted by Crippen LogP contribution is 2.14. The molecule has 0 bridgehead atoms. The van der Waals surface area contributed by atoms with Gasteiger partial charge in [-0.05, 0) is 46.2 Å². The molecule has 1 rings (SSSR count). The van der Waals surface area contributed by atoms with Crippen LogP contribution in [0.25, 0.3) is 0 Å². The van der Waals surface area contributed by atoms with Gasteiger partial charge in [-0.1, -0.05) is 0 Å². The minimum atomic E-state index is -0.849. The van der Waals surface area contributed by atoms with E-state index in [4.69, 9.17) is 5.11 Å². The van der Waals surface area contributed by atoms with Crippen molar-refractivity contribution in [1.82, 2.24) is 9.88 Å². The van der Waals surface area contributed by atoms with Crippen LogP contribution in [0.1, 0.15) is 38.1 Å². The molecule has 1 aromatic heterocycles. The first-order valence-corrected chi connectivity index (χ1v) is 7.05. The predicted molar refractivity (Wildman–Crippen MR) is 81.4 cm³/mol. The molecule has 1 heterocycles. The van der Waals surface area contributed by atoms with Crippen molar-refractivity contribution in [1.29, 1.82) is 0 Å². The second-order valence-electron chi connectivity index (χ2n) is 5.30. The van der Waals surface area contributed by atoms with Crippen LogP contribution in [0.3, 0.4) is 0 Å². The number of aromatic nitrogens is 1. The lowest BCUT2D eigenvalue weighted by molar-refractivity contribution is -0.137. The van der Waals surface area contributed by atoms with Crippen LogP contribution >= 0.6 is 0 Å². The fourth-order valence-electron chi connectivity index (χ4n) is 2.00. The molecule has 0 aliphatic carbocycles. The quantitative estimate of drug-likeness (QED) is 0.845. The Labute approximate surface area is 125 Å². The molecule has 0 unspecified atom stereocenters. The number of aryl methyl sites for hydroxylation is 2. The topological polar surface area (TPSA) is 82.5 Å². The van der Waals surface area contributed by atoms with Crippen molar-refractivity contribution in [3.8, 4) is 0 Å². The van der Waals surface area contributed by atoms with Gasteiger partial charge < -0.3 is 15.3 Å². The van der Waals surface area contributed by atoms with Gasteiger partial charge in [-0.2, -0.15) is 0 Å². The molecule has 116 valence electrons. The average molecular weight is 293 g/mol. The smallest absolute Gasteiger partial charge is 0.322 e. The summed E-state index contributed by atoms with van der Waals surface area (Å²) in [6.07, 6.45) is 0.494. The molecule has 0 radical (unpaired) electrons. The molecule has 0 aromatic carbocycles. The Morgan fingerprint density at radius 1 is 1.33 bits per heavy atom. The fourth-order valence-corrected chi connectivity index (χ4v) is 2.00. The van der Waals surface area contributed by atoms with Crippen LogP contribution in [0.4, 0.5) is 10.5 Å². The zero-order valence-corrected chi connectivity index (χ0v) is 13.0. The van der Waals surface area contributed by atoms with Gasteiger partial charge >= 0.3 is 12.0 Å². The molecule has 0 spiro atoms. The third-order valence-corrected chi connectivity index (χ3v) is 3.14. The summed E-state index contributed by atoms with van der Waals surface area (Å²) in [5.41, 5.74) is 2.33. The van der Waals surface area contributed by atoms with E-state index in [1.165, 1.54) is 0 Å².